The third-order valence-corrected chi connectivity index (χ3v) is 3.25. The first kappa shape index (κ1) is 15.1. The first-order chi connectivity index (χ1) is 8.38. The molecular weight excluding hydrogens is 240 g/mol. The highest BCUT2D eigenvalue weighted by Crippen LogP contribution is 2.13. The molecular formula is C15H24N2S. The van der Waals surface area contributed by atoms with E-state index in [-0.39, 0.29) is 0 Å². The Morgan fingerprint density at radius 1 is 1.22 bits per heavy atom. The molecule has 0 bridgehead atoms. The zero-order valence-electron chi connectivity index (χ0n) is 11.9. The second kappa shape index (κ2) is 6.86. The standard InChI is InChI=1S/C15H24N2S/c1-11(2)17(6-5-15(16)18)10-14-8-12(3)7-13(4)9-14/h7-9,11H,5-6,10H2,1-4H3,(H2,16,18). The molecule has 2 nitrogen and oxygen atoms in total. The van der Waals surface area contributed by atoms with Crippen molar-refractivity contribution in [3.8, 4) is 0 Å². The van der Waals surface area contributed by atoms with E-state index in [0.29, 0.717) is 11.0 Å². The van der Waals surface area contributed by atoms with Crippen LogP contribution in [0, 0.1) is 13.8 Å². The van der Waals surface area contributed by atoms with Crippen molar-refractivity contribution in [3.63, 3.8) is 0 Å². The summed E-state index contributed by atoms with van der Waals surface area (Å²) in [5.41, 5.74) is 9.60. The predicted molar refractivity (Wildman–Crippen MR) is 82.9 cm³/mol. The molecule has 0 saturated carbocycles. The molecule has 3 heteroatoms. The van der Waals surface area contributed by atoms with Crippen LogP contribution in [-0.4, -0.2) is 22.5 Å². The molecule has 0 saturated heterocycles. The largest absolute Gasteiger partial charge is 0.393 e. The fraction of sp³-hybridized carbons (Fsp3) is 0.533. The van der Waals surface area contributed by atoms with Gasteiger partial charge in [0, 0.05) is 25.6 Å². The molecule has 0 aliphatic carbocycles. The number of thiocarbonyl (C=S) groups is 1. The van der Waals surface area contributed by atoms with Gasteiger partial charge >= 0.3 is 0 Å². The zero-order chi connectivity index (χ0) is 13.7. The maximum absolute atomic E-state index is 5.59. The van der Waals surface area contributed by atoms with Gasteiger partial charge in [0.15, 0.2) is 0 Å². The van der Waals surface area contributed by atoms with E-state index < -0.39 is 0 Å². The molecule has 0 aromatic heterocycles. The number of hydrogen-bond acceptors (Lipinski definition) is 2. The van der Waals surface area contributed by atoms with Crippen molar-refractivity contribution in [1.82, 2.24) is 4.90 Å². The van der Waals surface area contributed by atoms with Gasteiger partial charge in [-0.3, -0.25) is 4.90 Å². The smallest absolute Gasteiger partial charge is 0.0740 e. The van der Waals surface area contributed by atoms with Crippen LogP contribution in [0.15, 0.2) is 18.2 Å². The van der Waals surface area contributed by atoms with Gasteiger partial charge in [-0.15, -0.1) is 0 Å². The Balaban J connectivity index is 2.73. The number of aryl methyl sites for hydroxylation is 2. The molecule has 0 atom stereocenters. The van der Waals surface area contributed by atoms with E-state index >= 15 is 0 Å². The van der Waals surface area contributed by atoms with Gasteiger partial charge in [0.25, 0.3) is 0 Å². The number of nitrogens with two attached hydrogens (primary N) is 1. The molecule has 1 aromatic carbocycles. The molecule has 0 spiro atoms. The van der Waals surface area contributed by atoms with Crippen LogP contribution in [0.2, 0.25) is 0 Å². The van der Waals surface area contributed by atoms with E-state index in [1.54, 1.807) is 0 Å². The second-order valence-electron chi connectivity index (χ2n) is 5.28. The predicted octanol–water partition coefficient (Wildman–Crippen LogP) is 3.19. The summed E-state index contributed by atoms with van der Waals surface area (Å²) in [4.78, 5) is 3.01. The second-order valence-corrected chi connectivity index (χ2v) is 5.80. The van der Waals surface area contributed by atoms with Gasteiger partial charge in [-0.25, -0.2) is 0 Å². The third kappa shape index (κ3) is 5.15. The van der Waals surface area contributed by atoms with Gasteiger partial charge in [-0.2, -0.15) is 0 Å². The summed E-state index contributed by atoms with van der Waals surface area (Å²) in [6.45, 7) is 10.6. The minimum absolute atomic E-state index is 0.500. The maximum atomic E-state index is 5.59. The minimum atomic E-state index is 0.500. The molecule has 100 valence electrons. The zero-order valence-corrected chi connectivity index (χ0v) is 12.7. The van der Waals surface area contributed by atoms with Crippen molar-refractivity contribution in [2.75, 3.05) is 6.54 Å². The van der Waals surface area contributed by atoms with Crippen molar-refractivity contribution >= 4 is 17.2 Å². The maximum Gasteiger partial charge on any atom is 0.0740 e. The number of nitrogens with zero attached hydrogens (tertiary/aromatic N) is 1. The lowest BCUT2D eigenvalue weighted by Gasteiger charge is -2.26. The molecule has 0 amide bonds. The lowest BCUT2D eigenvalue weighted by molar-refractivity contribution is 0.219. The number of benzene rings is 1. The SMILES string of the molecule is Cc1cc(C)cc(CN(CCC(N)=S)C(C)C)c1. The molecule has 0 unspecified atom stereocenters. The van der Waals surface area contributed by atoms with Crippen molar-refractivity contribution in [2.24, 2.45) is 5.73 Å². The van der Waals surface area contributed by atoms with Crippen LogP contribution < -0.4 is 5.73 Å². The molecule has 0 aliphatic rings. The molecule has 18 heavy (non-hydrogen) atoms. The first-order valence-corrected chi connectivity index (χ1v) is 6.89. The minimum Gasteiger partial charge on any atom is -0.393 e. The van der Waals surface area contributed by atoms with Crippen molar-refractivity contribution in [1.29, 1.82) is 0 Å². The highest BCUT2D eigenvalue weighted by atomic mass is 32.1. The molecule has 2 N–H and O–H groups in total. The summed E-state index contributed by atoms with van der Waals surface area (Å²) < 4.78 is 0. The molecule has 0 fully saturated rings. The van der Waals surface area contributed by atoms with Gasteiger partial charge in [0.2, 0.25) is 0 Å². The Bertz CT molecular complexity index is 393. The van der Waals surface area contributed by atoms with E-state index in [0.717, 1.165) is 19.5 Å². The molecule has 0 aliphatic heterocycles. The van der Waals surface area contributed by atoms with Crippen LogP contribution in [-0.2, 0) is 6.54 Å². The van der Waals surface area contributed by atoms with E-state index in [1.165, 1.54) is 16.7 Å². The summed E-state index contributed by atoms with van der Waals surface area (Å²) in [5.74, 6) is 0. The van der Waals surface area contributed by atoms with Crippen LogP contribution in [0.3, 0.4) is 0 Å². The Kier molecular flexibility index (Phi) is 5.76. The highest BCUT2D eigenvalue weighted by Gasteiger charge is 2.10. The molecule has 1 rings (SSSR count). The summed E-state index contributed by atoms with van der Waals surface area (Å²) in [6.07, 6.45) is 0.790. The van der Waals surface area contributed by atoms with Gasteiger partial charge < -0.3 is 5.73 Å². The lowest BCUT2D eigenvalue weighted by Crippen LogP contribution is -2.33. The topological polar surface area (TPSA) is 29.3 Å². The normalized spacial score (nSPS) is 11.2. The van der Waals surface area contributed by atoms with Gasteiger partial charge in [-0.05, 0) is 33.3 Å². The van der Waals surface area contributed by atoms with Gasteiger partial charge in [0.05, 0.1) is 4.99 Å². The van der Waals surface area contributed by atoms with E-state index in [9.17, 15) is 0 Å². The fourth-order valence-electron chi connectivity index (χ4n) is 2.17. The quantitative estimate of drug-likeness (QED) is 0.800. The first-order valence-electron chi connectivity index (χ1n) is 6.48. The lowest BCUT2D eigenvalue weighted by atomic mass is 10.1. The Morgan fingerprint density at radius 2 is 1.78 bits per heavy atom. The monoisotopic (exact) mass is 264 g/mol. The number of rotatable bonds is 6. The van der Waals surface area contributed by atoms with Crippen LogP contribution in [0.5, 0.6) is 0 Å². The third-order valence-electron chi connectivity index (χ3n) is 3.04. The van der Waals surface area contributed by atoms with E-state index in [4.69, 9.17) is 18.0 Å². The molecule has 1 aromatic rings. The molecule has 0 heterocycles. The van der Waals surface area contributed by atoms with Crippen molar-refractivity contribution in [3.05, 3.63) is 34.9 Å². The highest BCUT2D eigenvalue weighted by molar-refractivity contribution is 7.80. The summed E-state index contributed by atoms with van der Waals surface area (Å²) in [6, 6.07) is 7.21. The van der Waals surface area contributed by atoms with Gasteiger partial charge in [0.1, 0.15) is 0 Å². The molecule has 0 radical (unpaired) electrons. The van der Waals surface area contributed by atoms with E-state index in [2.05, 4.69) is 50.8 Å². The summed E-state index contributed by atoms with van der Waals surface area (Å²) in [7, 11) is 0. The van der Waals surface area contributed by atoms with E-state index in [1.807, 2.05) is 0 Å². The van der Waals surface area contributed by atoms with Crippen LogP contribution >= 0.6 is 12.2 Å². The fourth-order valence-corrected chi connectivity index (χ4v) is 2.26. The van der Waals surface area contributed by atoms with Gasteiger partial charge in [-0.1, -0.05) is 41.5 Å². The Hall–Kier alpha value is -0.930. The summed E-state index contributed by atoms with van der Waals surface area (Å²) >= 11 is 4.96. The van der Waals surface area contributed by atoms with Crippen LogP contribution in [0.1, 0.15) is 37.0 Å². The van der Waals surface area contributed by atoms with Crippen molar-refractivity contribution in [2.45, 2.75) is 46.7 Å². The average molecular weight is 264 g/mol. The summed E-state index contributed by atoms with van der Waals surface area (Å²) in [5, 5.41) is 0. The Labute approximate surface area is 116 Å². The Morgan fingerprint density at radius 3 is 2.22 bits per heavy atom. The average Bonchev–Trinajstić information content (AvgIpc) is 2.22. The van der Waals surface area contributed by atoms with Crippen LogP contribution in [0.25, 0.3) is 0 Å². The van der Waals surface area contributed by atoms with Crippen molar-refractivity contribution < 1.29 is 0 Å². The number of hydrogen-bond donors (Lipinski definition) is 1. The van der Waals surface area contributed by atoms with Crippen LogP contribution in [0.4, 0.5) is 0 Å².